The molecular formula is C18H26OSi. The molecule has 1 unspecified atom stereocenters. The Morgan fingerprint density at radius 1 is 1.20 bits per heavy atom. The summed E-state index contributed by atoms with van der Waals surface area (Å²) in [4.78, 5) is 0. The highest BCUT2D eigenvalue weighted by Crippen LogP contribution is 2.29. The van der Waals surface area contributed by atoms with Crippen LogP contribution in [-0.4, -0.2) is 21.3 Å². The second-order valence-corrected chi connectivity index (χ2v) is 11.5. The van der Waals surface area contributed by atoms with Gasteiger partial charge in [-0.05, 0) is 30.7 Å². The molecule has 2 rings (SSSR count). The first-order chi connectivity index (χ1) is 9.54. The molecule has 0 aromatic heterocycles. The Hall–Kier alpha value is -1.04. The minimum atomic E-state index is -1.31. The highest BCUT2D eigenvalue weighted by molar-refractivity contribution is 6.83. The zero-order valence-electron chi connectivity index (χ0n) is 13.0. The monoisotopic (exact) mass is 286 g/mol. The largest absolute Gasteiger partial charge is 0.381 e. The van der Waals surface area contributed by atoms with Crippen LogP contribution in [-0.2, 0) is 4.74 Å². The Bertz CT molecular complexity index is 460. The smallest absolute Gasteiger partial charge is 0.129 e. The van der Waals surface area contributed by atoms with Gasteiger partial charge in [0.15, 0.2) is 0 Å². The predicted octanol–water partition coefficient (Wildman–Crippen LogP) is 4.47. The molecular weight excluding hydrogens is 260 g/mol. The minimum Gasteiger partial charge on any atom is -0.381 e. The van der Waals surface area contributed by atoms with Crippen LogP contribution < -0.4 is 0 Å². The molecule has 1 fully saturated rings. The molecule has 20 heavy (non-hydrogen) atoms. The van der Waals surface area contributed by atoms with Gasteiger partial charge >= 0.3 is 0 Å². The van der Waals surface area contributed by atoms with Crippen molar-refractivity contribution in [3.8, 4) is 11.5 Å². The lowest BCUT2D eigenvalue weighted by molar-refractivity contribution is 0.120. The highest BCUT2D eigenvalue weighted by atomic mass is 28.3. The number of hydrogen-bond donors (Lipinski definition) is 0. The summed E-state index contributed by atoms with van der Waals surface area (Å²) >= 11 is 0. The van der Waals surface area contributed by atoms with E-state index in [1.165, 1.54) is 18.4 Å². The van der Waals surface area contributed by atoms with Gasteiger partial charge in [0.25, 0.3) is 0 Å². The van der Waals surface area contributed by atoms with Crippen LogP contribution in [0.5, 0.6) is 0 Å². The normalized spacial score (nSPS) is 16.4. The van der Waals surface area contributed by atoms with Crippen LogP contribution in [0.25, 0.3) is 0 Å². The maximum Gasteiger partial charge on any atom is 0.129 e. The molecule has 1 aromatic rings. The van der Waals surface area contributed by atoms with Crippen molar-refractivity contribution >= 4 is 8.07 Å². The summed E-state index contributed by atoms with van der Waals surface area (Å²) in [5, 5.41) is 0. The van der Waals surface area contributed by atoms with E-state index in [0.717, 1.165) is 25.6 Å². The fourth-order valence-electron chi connectivity index (χ4n) is 2.05. The van der Waals surface area contributed by atoms with Gasteiger partial charge in [0.1, 0.15) is 8.07 Å². The Morgan fingerprint density at radius 3 is 2.50 bits per heavy atom. The number of benzene rings is 1. The summed E-state index contributed by atoms with van der Waals surface area (Å²) in [6, 6.07) is 10.6. The third-order valence-electron chi connectivity index (χ3n) is 3.42. The molecule has 0 radical (unpaired) electrons. The summed E-state index contributed by atoms with van der Waals surface area (Å²) < 4.78 is 5.79. The van der Waals surface area contributed by atoms with Crippen LogP contribution >= 0.6 is 0 Å². The maximum absolute atomic E-state index is 5.79. The minimum absolute atomic E-state index is 0.321. The average molecular weight is 286 g/mol. The molecule has 0 N–H and O–H groups in total. The second kappa shape index (κ2) is 7.11. The van der Waals surface area contributed by atoms with Gasteiger partial charge in [-0.1, -0.05) is 50.0 Å². The average Bonchev–Trinajstić information content (AvgIpc) is 3.22. The number of hydrogen-bond acceptors (Lipinski definition) is 1. The van der Waals surface area contributed by atoms with Crippen molar-refractivity contribution in [2.45, 2.75) is 44.8 Å². The zero-order chi connectivity index (χ0) is 14.4. The molecule has 0 saturated heterocycles. The van der Waals surface area contributed by atoms with Crippen molar-refractivity contribution in [1.82, 2.24) is 0 Å². The van der Waals surface area contributed by atoms with E-state index in [2.05, 4.69) is 61.4 Å². The Morgan fingerprint density at radius 2 is 1.90 bits per heavy atom. The molecule has 0 heterocycles. The van der Waals surface area contributed by atoms with Gasteiger partial charge in [-0.3, -0.25) is 0 Å². The van der Waals surface area contributed by atoms with Crippen LogP contribution in [0.3, 0.4) is 0 Å². The summed E-state index contributed by atoms with van der Waals surface area (Å²) in [5.74, 6) is 4.68. The first kappa shape index (κ1) is 15.3. The van der Waals surface area contributed by atoms with Gasteiger partial charge in [0.2, 0.25) is 0 Å². The van der Waals surface area contributed by atoms with Crippen molar-refractivity contribution in [3.05, 3.63) is 35.9 Å². The van der Waals surface area contributed by atoms with E-state index in [1.807, 2.05) is 0 Å². The molecule has 0 aliphatic heterocycles. The van der Waals surface area contributed by atoms with Crippen LogP contribution in [0.4, 0.5) is 0 Å². The molecule has 0 spiro atoms. The Balaban J connectivity index is 1.93. The molecule has 0 amide bonds. The van der Waals surface area contributed by atoms with Gasteiger partial charge in [0, 0.05) is 19.1 Å². The molecule has 2 heteroatoms. The summed E-state index contributed by atoms with van der Waals surface area (Å²) in [6.45, 7) is 8.67. The van der Waals surface area contributed by atoms with E-state index < -0.39 is 8.07 Å². The zero-order valence-corrected chi connectivity index (χ0v) is 14.0. The lowest BCUT2D eigenvalue weighted by Crippen LogP contribution is -2.17. The van der Waals surface area contributed by atoms with Gasteiger partial charge in [-0.2, -0.15) is 0 Å². The first-order valence-corrected chi connectivity index (χ1v) is 11.2. The van der Waals surface area contributed by atoms with Crippen molar-refractivity contribution in [3.63, 3.8) is 0 Å². The predicted molar refractivity (Wildman–Crippen MR) is 88.5 cm³/mol. The quantitative estimate of drug-likeness (QED) is 0.426. The van der Waals surface area contributed by atoms with Crippen molar-refractivity contribution in [2.75, 3.05) is 13.2 Å². The molecule has 1 saturated carbocycles. The second-order valence-electron chi connectivity index (χ2n) is 6.79. The Kier molecular flexibility index (Phi) is 5.45. The highest BCUT2D eigenvalue weighted by Gasteiger charge is 2.21. The lowest BCUT2D eigenvalue weighted by Gasteiger charge is -2.13. The van der Waals surface area contributed by atoms with Crippen LogP contribution in [0, 0.1) is 17.4 Å². The third-order valence-corrected chi connectivity index (χ3v) is 4.32. The summed E-state index contributed by atoms with van der Waals surface area (Å²) in [7, 11) is -1.31. The van der Waals surface area contributed by atoms with E-state index in [0.29, 0.717) is 5.92 Å². The van der Waals surface area contributed by atoms with E-state index in [9.17, 15) is 0 Å². The van der Waals surface area contributed by atoms with E-state index in [-0.39, 0.29) is 0 Å². The summed E-state index contributed by atoms with van der Waals surface area (Å²) in [6.07, 6.45) is 3.73. The Labute approximate surface area is 124 Å². The summed E-state index contributed by atoms with van der Waals surface area (Å²) in [5.41, 5.74) is 4.84. The van der Waals surface area contributed by atoms with Crippen molar-refractivity contribution < 1.29 is 4.74 Å². The molecule has 1 aromatic carbocycles. The maximum atomic E-state index is 5.79. The van der Waals surface area contributed by atoms with Gasteiger partial charge in [-0.25, -0.2) is 0 Å². The topological polar surface area (TPSA) is 9.23 Å². The SMILES string of the molecule is C[Si](C)(C)C#CC(CCOCC1CC1)c1ccccc1. The standard InChI is InChI=1S/C18H26OSi/c1-20(2,3)14-12-18(17-7-5-4-6-8-17)11-13-19-15-16-9-10-16/h4-8,16,18H,9-11,13,15H2,1-3H3. The molecule has 1 nitrogen and oxygen atoms in total. The van der Waals surface area contributed by atoms with E-state index in [1.54, 1.807) is 0 Å². The first-order valence-electron chi connectivity index (χ1n) is 7.70. The van der Waals surface area contributed by atoms with Crippen molar-refractivity contribution in [1.29, 1.82) is 0 Å². The van der Waals surface area contributed by atoms with Gasteiger partial charge in [0.05, 0.1) is 0 Å². The van der Waals surface area contributed by atoms with Gasteiger partial charge < -0.3 is 4.74 Å². The molecule has 1 aliphatic carbocycles. The lowest BCUT2D eigenvalue weighted by atomic mass is 9.97. The van der Waals surface area contributed by atoms with Crippen LogP contribution in [0.15, 0.2) is 30.3 Å². The van der Waals surface area contributed by atoms with E-state index >= 15 is 0 Å². The van der Waals surface area contributed by atoms with Crippen LogP contribution in [0.1, 0.15) is 30.7 Å². The third kappa shape index (κ3) is 5.94. The van der Waals surface area contributed by atoms with Crippen molar-refractivity contribution in [2.24, 2.45) is 5.92 Å². The molecule has 108 valence electrons. The molecule has 1 atom stereocenters. The molecule has 0 bridgehead atoms. The fraction of sp³-hybridized carbons (Fsp3) is 0.556. The van der Waals surface area contributed by atoms with E-state index in [4.69, 9.17) is 4.74 Å². The number of rotatable bonds is 6. The molecule has 1 aliphatic rings. The fourth-order valence-corrected chi connectivity index (χ4v) is 2.65. The van der Waals surface area contributed by atoms with Gasteiger partial charge in [-0.15, -0.1) is 11.5 Å². The van der Waals surface area contributed by atoms with Crippen LogP contribution in [0.2, 0.25) is 19.6 Å². The number of ether oxygens (including phenoxy) is 1.